The topological polar surface area (TPSA) is 46.5 Å². The van der Waals surface area contributed by atoms with E-state index in [1.54, 1.807) is 12.2 Å². The summed E-state index contributed by atoms with van der Waals surface area (Å²) in [6, 6.07) is 0. The second kappa shape index (κ2) is 3.96. The molecular formula is C11H16O3. The summed E-state index contributed by atoms with van der Waals surface area (Å²) in [6.07, 6.45) is 5.73. The fraction of sp³-hybridized carbons (Fsp3) is 0.545. The monoisotopic (exact) mass is 196 g/mol. The third-order valence-electron chi connectivity index (χ3n) is 2.62. The number of hydrogen-bond donors (Lipinski definition) is 1. The zero-order valence-electron chi connectivity index (χ0n) is 8.56. The van der Waals surface area contributed by atoms with E-state index in [4.69, 9.17) is 0 Å². The van der Waals surface area contributed by atoms with Crippen molar-refractivity contribution in [2.24, 2.45) is 11.8 Å². The molecule has 0 radical (unpaired) electrons. The maximum absolute atomic E-state index is 11.4. The van der Waals surface area contributed by atoms with Gasteiger partial charge in [-0.25, -0.2) is 4.79 Å². The van der Waals surface area contributed by atoms with Crippen LogP contribution in [-0.2, 0) is 9.53 Å². The minimum absolute atomic E-state index is 0.176. The number of carbonyl (C=O) groups is 1. The smallest absolute Gasteiger partial charge is 0.338 e. The van der Waals surface area contributed by atoms with E-state index in [-0.39, 0.29) is 11.8 Å². The molecule has 3 nitrogen and oxygen atoms in total. The lowest BCUT2D eigenvalue weighted by molar-refractivity contribution is -0.167. The van der Waals surface area contributed by atoms with Gasteiger partial charge in [0.15, 0.2) is 5.60 Å². The Hall–Kier alpha value is -1.09. The summed E-state index contributed by atoms with van der Waals surface area (Å²) in [5.74, 6) is -0.764. The fourth-order valence-electron chi connectivity index (χ4n) is 1.83. The van der Waals surface area contributed by atoms with Crippen molar-refractivity contribution in [3.63, 3.8) is 0 Å². The van der Waals surface area contributed by atoms with Gasteiger partial charge in [0, 0.05) is 5.92 Å². The van der Waals surface area contributed by atoms with Crippen molar-refractivity contribution >= 4 is 5.97 Å². The predicted octanol–water partition coefficient (Wildman–Crippen LogP) is 1.29. The molecule has 1 aliphatic carbocycles. The first kappa shape index (κ1) is 11.0. The average molecular weight is 196 g/mol. The van der Waals surface area contributed by atoms with Crippen molar-refractivity contribution in [3.05, 3.63) is 24.8 Å². The van der Waals surface area contributed by atoms with Gasteiger partial charge in [-0.05, 0) is 12.3 Å². The van der Waals surface area contributed by atoms with Gasteiger partial charge in [-0.1, -0.05) is 25.2 Å². The third-order valence-corrected chi connectivity index (χ3v) is 2.62. The highest BCUT2D eigenvalue weighted by Gasteiger charge is 2.45. The van der Waals surface area contributed by atoms with E-state index in [1.807, 2.05) is 13.0 Å². The normalized spacial score (nSPS) is 36.5. The van der Waals surface area contributed by atoms with E-state index < -0.39 is 11.6 Å². The van der Waals surface area contributed by atoms with Crippen molar-refractivity contribution in [1.29, 1.82) is 0 Å². The number of ether oxygens (including phenoxy) is 1. The number of aliphatic hydroxyl groups is 1. The maximum Gasteiger partial charge on any atom is 0.338 e. The standard InChI is InChI=1S/C11H16O3/c1-4-9-6-5-8(2)7-11(9,13)10(12)14-3/h4-6,8-9,13H,1,7H2,2-3H3/t8-,9+,11+/m0/s1. The van der Waals surface area contributed by atoms with Gasteiger partial charge in [0.1, 0.15) is 0 Å². The number of hydrogen-bond acceptors (Lipinski definition) is 3. The van der Waals surface area contributed by atoms with Crippen molar-refractivity contribution < 1.29 is 14.6 Å². The molecule has 0 unspecified atom stereocenters. The number of esters is 1. The Labute approximate surface area is 84.1 Å². The molecule has 78 valence electrons. The molecule has 0 aliphatic heterocycles. The van der Waals surface area contributed by atoms with Crippen molar-refractivity contribution in [2.75, 3.05) is 7.11 Å². The Morgan fingerprint density at radius 3 is 2.86 bits per heavy atom. The van der Waals surface area contributed by atoms with Crippen molar-refractivity contribution in [3.8, 4) is 0 Å². The second-order valence-electron chi connectivity index (χ2n) is 3.74. The first-order chi connectivity index (χ1) is 6.54. The molecule has 0 fully saturated rings. The Bertz CT molecular complexity index is 270. The Balaban J connectivity index is 2.99. The van der Waals surface area contributed by atoms with E-state index in [0.29, 0.717) is 6.42 Å². The Morgan fingerprint density at radius 2 is 2.36 bits per heavy atom. The van der Waals surface area contributed by atoms with Crippen molar-refractivity contribution in [2.45, 2.75) is 18.9 Å². The van der Waals surface area contributed by atoms with Crippen LogP contribution in [0.1, 0.15) is 13.3 Å². The predicted molar refractivity (Wildman–Crippen MR) is 53.6 cm³/mol. The van der Waals surface area contributed by atoms with Crippen LogP contribution < -0.4 is 0 Å². The molecule has 0 heterocycles. The molecule has 3 atom stereocenters. The number of methoxy groups -OCH3 is 1. The van der Waals surface area contributed by atoms with Crippen LogP contribution in [0.25, 0.3) is 0 Å². The molecule has 1 aliphatic rings. The lowest BCUT2D eigenvalue weighted by Crippen LogP contribution is -2.48. The van der Waals surface area contributed by atoms with E-state index in [2.05, 4.69) is 11.3 Å². The highest BCUT2D eigenvalue weighted by Crippen LogP contribution is 2.33. The first-order valence-corrected chi connectivity index (χ1v) is 4.66. The molecule has 14 heavy (non-hydrogen) atoms. The molecule has 0 amide bonds. The van der Waals surface area contributed by atoms with Crippen LogP contribution in [-0.4, -0.2) is 23.8 Å². The molecular weight excluding hydrogens is 180 g/mol. The number of carbonyl (C=O) groups excluding carboxylic acids is 1. The summed E-state index contributed by atoms with van der Waals surface area (Å²) in [5, 5.41) is 10.2. The zero-order chi connectivity index (χ0) is 10.8. The SMILES string of the molecule is C=C[C@@H]1C=C[C@H](C)C[C@]1(O)C(=O)OC. The van der Waals surface area contributed by atoms with Gasteiger partial charge in [0.25, 0.3) is 0 Å². The molecule has 0 saturated heterocycles. The van der Waals surface area contributed by atoms with Crippen LogP contribution in [0, 0.1) is 11.8 Å². The molecule has 0 spiro atoms. The lowest BCUT2D eigenvalue weighted by Gasteiger charge is -2.34. The Kier molecular flexibility index (Phi) is 3.11. The Morgan fingerprint density at radius 1 is 1.71 bits per heavy atom. The second-order valence-corrected chi connectivity index (χ2v) is 3.74. The molecule has 1 N–H and O–H groups in total. The van der Waals surface area contributed by atoms with Crippen molar-refractivity contribution in [1.82, 2.24) is 0 Å². The number of rotatable bonds is 2. The molecule has 0 aromatic rings. The molecule has 0 aromatic heterocycles. The summed E-state index contributed by atoms with van der Waals surface area (Å²) >= 11 is 0. The number of allylic oxidation sites excluding steroid dienone is 1. The molecule has 3 heteroatoms. The molecule has 0 saturated carbocycles. The third kappa shape index (κ3) is 1.73. The van der Waals surface area contributed by atoms with Gasteiger partial charge in [0.05, 0.1) is 7.11 Å². The van der Waals surface area contributed by atoms with Gasteiger partial charge in [-0.3, -0.25) is 0 Å². The van der Waals surface area contributed by atoms with Gasteiger partial charge in [-0.15, -0.1) is 6.58 Å². The van der Waals surface area contributed by atoms with E-state index in [1.165, 1.54) is 7.11 Å². The van der Waals surface area contributed by atoms with Gasteiger partial charge >= 0.3 is 5.97 Å². The van der Waals surface area contributed by atoms with Crippen LogP contribution in [0.5, 0.6) is 0 Å². The average Bonchev–Trinajstić information content (AvgIpc) is 2.16. The summed E-state index contributed by atoms with van der Waals surface area (Å²) < 4.78 is 4.60. The van der Waals surface area contributed by atoms with Crippen LogP contribution >= 0.6 is 0 Å². The van der Waals surface area contributed by atoms with Crippen LogP contribution in [0.3, 0.4) is 0 Å². The summed E-state index contributed by atoms with van der Waals surface area (Å²) in [5.41, 5.74) is -1.44. The van der Waals surface area contributed by atoms with Crippen LogP contribution in [0.2, 0.25) is 0 Å². The van der Waals surface area contributed by atoms with Gasteiger partial charge < -0.3 is 9.84 Å². The van der Waals surface area contributed by atoms with Gasteiger partial charge in [-0.2, -0.15) is 0 Å². The minimum Gasteiger partial charge on any atom is -0.467 e. The highest BCUT2D eigenvalue weighted by atomic mass is 16.5. The largest absolute Gasteiger partial charge is 0.467 e. The van der Waals surface area contributed by atoms with Crippen LogP contribution in [0.15, 0.2) is 24.8 Å². The molecule has 0 bridgehead atoms. The van der Waals surface area contributed by atoms with E-state index in [0.717, 1.165) is 0 Å². The molecule has 0 aromatic carbocycles. The minimum atomic E-state index is -1.44. The quantitative estimate of drug-likeness (QED) is 0.534. The summed E-state index contributed by atoms with van der Waals surface area (Å²) in [4.78, 5) is 11.4. The highest BCUT2D eigenvalue weighted by molar-refractivity contribution is 5.80. The summed E-state index contributed by atoms with van der Waals surface area (Å²) in [7, 11) is 1.28. The van der Waals surface area contributed by atoms with E-state index in [9.17, 15) is 9.90 Å². The van der Waals surface area contributed by atoms with Gasteiger partial charge in [0.2, 0.25) is 0 Å². The maximum atomic E-state index is 11.4. The summed E-state index contributed by atoms with van der Waals surface area (Å²) in [6.45, 7) is 5.55. The fourth-order valence-corrected chi connectivity index (χ4v) is 1.83. The van der Waals surface area contributed by atoms with Crippen LogP contribution in [0.4, 0.5) is 0 Å². The molecule has 1 rings (SSSR count). The van der Waals surface area contributed by atoms with E-state index >= 15 is 0 Å². The lowest BCUT2D eigenvalue weighted by atomic mass is 9.76. The first-order valence-electron chi connectivity index (χ1n) is 4.66. The zero-order valence-corrected chi connectivity index (χ0v) is 8.56.